The standard InChI is InChI=1S/C15H23ClN2O2S/c1-12(13-5-3-6-14(16)11-13)18(2)21(19,20)10-4-9-17-15-7-8-15/h3,5-6,11-12,15,17H,4,7-10H2,1-2H3. The zero-order chi connectivity index (χ0) is 15.5. The van der Waals surface area contributed by atoms with Crippen molar-refractivity contribution in [3.05, 3.63) is 34.9 Å². The topological polar surface area (TPSA) is 49.4 Å². The lowest BCUT2D eigenvalue weighted by Crippen LogP contribution is -2.33. The Morgan fingerprint density at radius 2 is 2.14 bits per heavy atom. The van der Waals surface area contributed by atoms with Crippen LogP contribution in [0.4, 0.5) is 0 Å². The molecule has 4 nitrogen and oxygen atoms in total. The summed E-state index contributed by atoms with van der Waals surface area (Å²) in [5, 5.41) is 3.96. The number of halogens is 1. The van der Waals surface area contributed by atoms with Gasteiger partial charge in [-0.2, -0.15) is 4.31 Å². The molecule has 0 aliphatic heterocycles. The molecule has 1 aromatic carbocycles. The van der Waals surface area contributed by atoms with Crippen LogP contribution in [0.3, 0.4) is 0 Å². The van der Waals surface area contributed by atoms with Crippen molar-refractivity contribution in [1.29, 1.82) is 0 Å². The van der Waals surface area contributed by atoms with Crippen molar-refractivity contribution < 1.29 is 8.42 Å². The summed E-state index contributed by atoms with van der Waals surface area (Å²) in [5.41, 5.74) is 0.907. The minimum absolute atomic E-state index is 0.175. The van der Waals surface area contributed by atoms with Gasteiger partial charge >= 0.3 is 0 Å². The van der Waals surface area contributed by atoms with Crippen molar-refractivity contribution in [2.45, 2.75) is 38.3 Å². The summed E-state index contributed by atoms with van der Waals surface area (Å²) in [6.07, 6.45) is 3.09. The normalized spacial score (nSPS) is 17.1. The van der Waals surface area contributed by atoms with Gasteiger partial charge in [-0.05, 0) is 50.4 Å². The van der Waals surface area contributed by atoms with Gasteiger partial charge in [0.15, 0.2) is 0 Å². The second kappa shape index (κ2) is 7.09. The van der Waals surface area contributed by atoms with Gasteiger partial charge in [-0.1, -0.05) is 23.7 Å². The number of sulfonamides is 1. The lowest BCUT2D eigenvalue weighted by molar-refractivity contribution is 0.397. The maximum atomic E-state index is 12.4. The molecule has 21 heavy (non-hydrogen) atoms. The molecule has 0 aromatic heterocycles. The van der Waals surface area contributed by atoms with E-state index in [1.165, 1.54) is 17.1 Å². The average molecular weight is 331 g/mol. The van der Waals surface area contributed by atoms with Gasteiger partial charge < -0.3 is 5.32 Å². The van der Waals surface area contributed by atoms with Gasteiger partial charge in [-0.25, -0.2) is 8.42 Å². The first kappa shape index (κ1) is 16.7. The second-order valence-corrected chi connectivity index (χ2v) is 8.23. The molecule has 1 atom stereocenters. The molecular weight excluding hydrogens is 308 g/mol. The Kier molecular flexibility index (Phi) is 5.66. The maximum absolute atomic E-state index is 12.4. The van der Waals surface area contributed by atoms with E-state index in [2.05, 4.69) is 5.32 Å². The minimum Gasteiger partial charge on any atom is -0.314 e. The van der Waals surface area contributed by atoms with Crippen molar-refractivity contribution in [2.24, 2.45) is 0 Å². The van der Waals surface area contributed by atoms with Crippen LogP contribution in [0.15, 0.2) is 24.3 Å². The van der Waals surface area contributed by atoms with Crippen LogP contribution < -0.4 is 5.32 Å². The maximum Gasteiger partial charge on any atom is 0.214 e. The first-order valence-corrected chi connectivity index (χ1v) is 9.33. The van der Waals surface area contributed by atoms with Crippen molar-refractivity contribution in [3.8, 4) is 0 Å². The third-order valence-electron chi connectivity index (χ3n) is 3.90. The number of benzene rings is 1. The Labute approximate surface area is 132 Å². The van der Waals surface area contributed by atoms with Crippen LogP contribution in [-0.2, 0) is 10.0 Å². The van der Waals surface area contributed by atoms with Gasteiger partial charge in [0.1, 0.15) is 0 Å². The molecule has 1 aliphatic carbocycles. The van der Waals surface area contributed by atoms with Crippen LogP contribution >= 0.6 is 11.6 Å². The number of rotatable bonds is 8. The van der Waals surface area contributed by atoms with Crippen LogP contribution in [0.5, 0.6) is 0 Å². The molecule has 2 rings (SSSR count). The molecule has 1 N–H and O–H groups in total. The minimum atomic E-state index is -3.25. The van der Waals surface area contributed by atoms with Gasteiger partial charge in [-0.3, -0.25) is 0 Å². The largest absolute Gasteiger partial charge is 0.314 e. The molecule has 1 aromatic rings. The van der Waals surface area contributed by atoms with Crippen molar-refractivity contribution in [1.82, 2.24) is 9.62 Å². The molecule has 0 saturated heterocycles. The summed E-state index contributed by atoms with van der Waals surface area (Å²) >= 11 is 5.97. The highest BCUT2D eigenvalue weighted by atomic mass is 35.5. The van der Waals surface area contributed by atoms with E-state index in [1.807, 2.05) is 25.1 Å². The molecule has 0 heterocycles. The van der Waals surface area contributed by atoms with E-state index in [9.17, 15) is 8.42 Å². The van der Waals surface area contributed by atoms with Gasteiger partial charge in [0.05, 0.1) is 5.75 Å². The fourth-order valence-corrected chi connectivity index (χ4v) is 3.81. The predicted octanol–water partition coefficient (Wildman–Crippen LogP) is 2.80. The summed E-state index contributed by atoms with van der Waals surface area (Å²) < 4.78 is 26.2. The molecule has 1 saturated carbocycles. The lowest BCUT2D eigenvalue weighted by Gasteiger charge is -2.25. The van der Waals surface area contributed by atoms with Crippen molar-refractivity contribution >= 4 is 21.6 Å². The van der Waals surface area contributed by atoms with Gasteiger partial charge in [0.2, 0.25) is 10.0 Å². The highest BCUT2D eigenvalue weighted by Crippen LogP contribution is 2.24. The average Bonchev–Trinajstić information content (AvgIpc) is 3.26. The van der Waals surface area contributed by atoms with E-state index in [0.717, 1.165) is 12.1 Å². The fraction of sp³-hybridized carbons (Fsp3) is 0.600. The Morgan fingerprint density at radius 3 is 2.76 bits per heavy atom. The van der Waals surface area contributed by atoms with Crippen molar-refractivity contribution in [2.75, 3.05) is 19.3 Å². The monoisotopic (exact) mass is 330 g/mol. The molecule has 1 fully saturated rings. The zero-order valence-electron chi connectivity index (χ0n) is 12.5. The molecule has 6 heteroatoms. The van der Waals surface area contributed by atoms with Crippen LogP contribution in [0.25, 0.3) is 0 Å². The molecule has 0 radical (unpaired) electrons. The highest BCUT2D eigenvalue weighted by Gasteiger charge is 2.25. The summed E-state index contributed by atoms with van der Waals surface area (Å²) in [6, 6.07) is 7.75. The fourth-order valence-electron chi connectivity index (χ4n) is 2.21. The van der Waals surface area contributed by atoms with Gasteiger partial charge in [0, 0.05) is 24.2 Å². The van der Waals surface area contributed by atoms with E-state index in [4.69, 9.17) is 11.6 Å². The highest BCUT2D eigenvalue weighted by molar-refractivity contribution is 7.89. The summed E-state index contributed by atoms with van der Waals surface area (Å²) in [4.78, 5) is 0. The van der Waals surface area contributed by atoms with Crippen LogP contribution in [0.2, 0.25) is 5.02 Å². The van der Waals surface area contributed by atoms with E-state index in [-0.39, 0.29) is 11.8 Å². The Balaban J connectivity index is 1.90. The van der Waals surface area contributed by atoms with E-state index in [1.54, 1.807) is 13.1 Å². The van der Waals surface area contributed by atoms with Crippen LogP contribution in [0, 0.1) is 0 Å². The summed E-state index contributed by atoms with van der Waals surface area (Å²) in [7, 11) is -1.61. The molecule has 0 amide bonds. The van der Waals surface area contributed by atoms with E-state index >= 15 is 0 Å². The molecule has 0 spiro atoms. The molecule has 1 aliphatic rings. The van der Waals surface area contributed by atoms with Gasteiger partial charge in [0.25, 0.3) is 0 Å². The van der Waals surface area contributed by atoms with E-state index < -0.39 is 10.0 Å². The number of hydrogen-bond donors (Lipinski definition) is 1. The van der Waals surface area contributed by atoms with Crippen LogP contribution in [-0.4, -0.2) is 38.1 Å². The Bertz CT molecular complexity index is 573. The Hall–Kier alpha value is -0.620. The predicted molar refractivity (Wildman–Crippen MR) is 87.1 cm³/mol. The lowest BCUT2D eigenvalue weighted by atomic mass is 10.1. The quantitative estimate of drug-likeness (QED) is 0.746. The number of hydrogen-bond acceptors (Lipinski definition) is 3. The number of nitrogens with zero attached hydrogens (tertiary/aromatic N) is 1. The second-order valence-electron chi connectivity index (χ2n) is 5.65. The first-order valence-electron chi connectivity index (χ1n) is 7.35. The van der Waals surface area contributed by atoms with Crippen molar-refractivity contribution in [3.63, 3.8) is 0 Å². The number of nitrogens with one attached hydrogen (secondary N) is 1. The van der Waals surface area contributed by atoms with Gasteiger partial charge in [-0.15, -0.1) is 0 Å². The van der Waals surface area contributed by atoms with Crippen LogP contribution in [0.1, 0.15) is 37.8 Å². The summed E-state index contributed by atoms with van der Waals surface area (Å²) in [6.45, 7) is 2.65. The summed E-state index contributed by atoms with van der Waals surface area (Å²) in [5.74, 6) is 0.175. The molecule has 0 bridgehead atoms. The first-order chi connectivity index (χ1) is 9.90. The molecular formula is C15H23ClN2O2S. The molecule has 118 valence electrons. The zero-order valence-corrected chi connectivity index (χ0v) is 14.1. The SMILES string of the molecule is CC(c1cccc(Cl)c1)N(C)S(=O)(=O)CCCNC1CC1. The molecule has 1 unspecified atom stereocenters. The third kappa shape index (κ3) is 4.95. The smallest absolute Gasteiger partial charge is 0.214 e. The Morgan fingerprint density at radius 1 is 1.43 bits per heavy atom. The third-order valence-corrected chi connectivity index (χ3v) is 6.14. The van der Waals surface area contributed by atoms with E-state index in [0.29, 0.717) is 17.5 Å².